The molecule has 2 aromatic rings. The molecule has 0 spiro atoms. The second-order valence-corrected chi connectivity index (χ2v) is 4.50. The first-order chi connectivity index (χ1) is 8.38. The minimum atomic E-state index is -2.93. The molecule has 0 bridgehead atoms. The largest absolute Gasteiger partial charge is 0.287 e. The first kappa shape index (κ1) is 12.6. The van der Waals surface area contributed by atoms with Crippen LogP contribution in [0.5, 0.6) is 0 Å². The lowest BCUT2D eigenvalue weighted by Gasteiger charge is -2.14. The molecule has 0 radical (unpaired) electrons. The summed E-state index contributed by atoms with van der Waals surface area (Å²) in [6.45, 7) is 4.40. The molecule has 0 unspecified atom stereocenters. The van der Waals surface area contributed by atoms with Gasteiger partial charge in [-0.2, -0.15) is 8.78 Å². The number of alkyl halides is 2. The molecule has 4 heteroatoms. The second kappa shape index (κ2) is 4.44. The number of aromatic nitrogens is 2. The SMILES string of the molecule is Cc1cncc(-c2ccc(C)c(C(C)(F)F)n2)c1. The first-order valence-corrected chi connectivity index (χ1v) is 5.66. The number of aryl methyl sites for hydroxylation is 2. The highest BCUT2D eigenvalue weighted by molar-refractivity contribution is 5.59. The van der Waals surface area contributed by atoms with Crippen LogP contribution in [0, 0.1) is 13.8 Å². The molecule has 2 nitrogen and oxygen atoms in total. The van der Waals surface area contributed by atoms with Gasteiger partial charge in [-0.1, -0.05) is 6.07 Å². The third-order valence-corrected chi connectivity index (χ3v) is 2.68. The Kier molecular flexibility index (Phi) is 3.11. The van der Waals surface area contributed by atoms with Crippen LogP contribution in [-0.4, -0.2) is 9.97 Å². The van der Waals surface area contributed by atoms with Gasteiger partial charge in [-0.15, -0.1) is 0 Å². The van der Waals surface area contributed by atoms with Gasteiger partial charge in [-0.25, -0.2) is 4.98 Å². The predicted octanol–water partition coefficient (Wildman–Crippen LogP) is 3.87. The molecule has 0 saturated heterocycles. The Hall–Kier alpha value is -1.84. The van der Waals surface area contributed by atoms with Gasteiger partial charge in [0.25, 0.3) is 5.92 Å². The van der Waals surface area contributed by atoms with E-state index >= 15 is 0 Å². The number of pyridine rings is 2. The Morgan fingerprint density at radius 1 is 1.11 bits per heavy atom. The van der Waals surface area contributed by atoms with Crippen molar-refractivity contribution in [2.24, 2.45) is 0 Å². The fourth-order valence-electron chi connectivity index (χ4n) is 1.83. The summed E-state index contributed by atoms with van der Waals surface area (Å²) < 4.78 is 26.8. The van der Waals surface area contributed by atoms with Crippen LogP contribution in [0.15, 0.2) is 30.6 Å². The van der Waals surface area contributed by atoms with Gasteiger partial charge in [-0.3, -0.25) is 4.98 Å². The number of hydrogen-bond acceptors (Lipinski definition) is 2. The third-order valence-electron chi connectivity index (χ3n) is 2.68. The molecule has 0 aliphatic heterocycles. The molecule has 0 aliphatic rings. The van der Waals surface area contributed by atoms with Crippen molar-refractivity contribution in [3.8, 4) is 11.3 Å². The van der Waals surface area contributed by atoms with Crippen LogP contribution >= 0.6 is 0 Å². The summed E-state index contributed by atoms with van der Waals surface area (Å²) in [5, 5.41) is 0. The molecule has 0 fully saturated rings. The third kappa shape index (κ3) is 2.53. The summed E-state index contributed by atoms with van der Waals surface area (Å²) in [6, 6.07) is 5.28. The summed E-state index contributed by atoms with van der Waals surface area (Å²) in [5.74, 6) is -2.93. The molecule has 0 aliphatic carbocycles. The molecule has 2 heterocycles. The highest BCUT2D eigenvalue weighted by Gasteiger charge is 2.28. The topological polar surface area (TPSA) is 25.8 Å². The number of nitrogens with zero attached hydrogens (tertiary/aromatic N) is 2. The number of hydrogen-bond donors (Lipinski definition) is 0. The Balaban J connectivity index is 2.54. The second-order valence-electron chi connectivity index (χ2n) is 4.50. The van der Waals surface area contributed by atoms with Crippen molar-refractivity contribution >= 4 is 0 Å². The zero-order chi connectivity index (χ0) is 13.3. The van der Waals surface area contributed by atoms with Crippen LogP contribution in [0.4, 0.5) is 8.78 Å². The van der Waals surface area contributed by atoms with Gasteiger partial charge in [-0.05, 0) is 37.1 Å². The minimum absolute atomic E-state index is 0.179. The van der Waals surface area contributed by atoms with Gasteiger partial charge < -0.3 is 0 Å². The van der Waals surface area contributed by atoms with Crippen molar-refractivity contribution < 1.29 is 8.78 Å². The van der Waals surface area contributed by atoms with E-state index in [0.29, 0.717) is 11.3 Å². The normalized spacial score (nSPS) is 11.6. The van der Waals surface area contributed by atoms with E-state index < -0.39 is 5.92 Å². The van der Waals surface area contributed by atoms with E-state index in [2.05, 4.69) is 9.97 Å². The van der Waals surface area contributed by atoms with Crippen molar-refractivity contribution in [3.63, 3.8) is 0 Å². The molecule has 18 heavy (non-hydrogen) atoms. The van der Waals surface area contributed by atoms with Gasteiger partial charge in [0.05, 0.1) is 5.69 Å². The quantitative estimate of drug-likeness (QED) is 0.806. The molecular formula is C14H14F2N2. The van der Waals surface area contributed by atoms with E-state index in [4.69, 9.17) is 0 Å². The molecule has 2 aromatic heterocycles. The van der Waals surface area contributed by atoms with Gasteiger partial charge in [0, 0.05) is 24.9 Å². The maximum Gasteiger partial charge on any atom is 0.287 e. The molecular weight excluding hydrogens is 234 g/mol. The average Bonchev–Trinajstić information content (AvgIpc) is 2.28. The van der Waals surface area contributed by atoms with E-state index in [1.54, 1.807) is 31.5 Å². The Bertz CT molecular complexity index is 574. The average molecular weight is 248 g/mol. The zero-order valence-corrected chi connectivity index (χ0v) is 10.5. The molecule has 2 rings (SSSR count). The fraction of sp³-hybridized carbons (Fsp3) is 0.286. The van der Waals surface area contributed by atoms with E-state index in [-0.39, 0.29) is 5.69 Å². The van der Waals surface area contributed by atoms with Crippen LogP contribution in [0.2, 0.25) is 0 Å². The maximum atomic E-state index is 13.4. The highest BCUT2D eigenvalue weighted by atomic mass is 19.3. The Labute approximate surface area is 105 Å². The van der Waals surface area contributed by atoms with Gasteiger partial charge in [0.2, 0.25) is 0 Å². The van der Waals surface area contributed by atoms with Crippen LogP contribution in [0.3, 0.4) is 0 Å². The Morgan fingerprint density at radius 3 is 2.44 bits per heavy atom. The highest BCUT2D eigenvalue weighted by Crippen LogP contribution is 2.30. The lowest BCUT2D eigenvalue weighted by molar-refractivity contribution is 0.0122. The fourth-order valence-corrected chi connectivity index (χ4v) is 1.83. The van der Waals surface area contributed by atoms with Crippen molar-refractivity contribution in [1.82, 2.24) is 9.97 Å². The van der Waals surface area contributed by atoms with Gasteiger partial charge in [0.15, 0.2) is 0 Å². The smallest absolute Gasteiger partial charge is 0.264 e. The molecule has 0 atom stereocenters. The summed E-state index contributed by atoms with van der Waals surface area (Å²) in [6.07, 6.45) is 3.34. The minimum Gasteiger partial charge on any atom is -0.264 e. The van der Waals surface area contributed by atoms with Crippen molar-refractivity contribution in [1.29, 1.82) is 0 Å². The maximum absolute atomic E-state index is 13.4. The van der Waals surface area contributed by atoms with Crippen LogP contribution < -0.4 is 0 Å². The zero-order valence-electron chi connectivity index (χ0n) is 10.5. The molecule has 0 aromatic carbocycles. The van der Waals surface area contributed by atoms with E-state index in [1.807, 2.05) is 13.0 Å². The molecule has 0 N–H and O–H groups in total. The molecule has 0 amide bonds. The van der Waals surface area contributed by atoms with E-state index in [0.717, 1.165) is 18.1 Å². The molecule has 94 valence electrons. The van der Waals surface area contributed by atoms with Crippen molar-refractivity contribution in [2.45, 2.75) is 26.7 Å². The number of halogens is 2. The lowest BCUT2D eigenvalue weighted by atomic mass is 10.1. The summed E-state index contributed by atoms with van der Waals surface area (Å²) in [4.78, 5) is 8.11. The predicted molar refractivity (Wildman–Crippen MR) is 66.5 cm³/mol. The first-order valence-electron chi connectivity index (χ1n) is 5.66. The number of rotatable bonds is 2. The molecule has 0 saturated carbocycles. The monoisotopic (exact) mass is 248 g/mol. The lowest BCUT2D eigenvalue weighted by Crippen LogP contribution is -2.12. The summed E-state index contributed by atoms with van der Waals surface area (Å²) in [7, 11) is 0. The van der Waals surface area contributed by atoms with Crippen molar-refractivity contribution in [3.05, 3.63) is 47.4 Å². The standard InChI is InChI=1S/C14H14F2N2/c1-9-6-11(8-17-7-9)12-5-4-10(2)13(18-12)14(3,15)16/h4-8H,1-3H3. The van der Waals surface area contributed by atoms with Crippen LogP contribution in [0.25, 0.3) is 11.3 Å². The Morgan fingerprint density at radius 2 is 1.83 bits per heavy atom. The summed E-state index contributed by atoms with van der Waals surface area (Å²) >= 11 is 0. The van der Waals surface area contributed by atoms with E-state index in [9.17, 15) is 8.78 Å². The van der Waals surface area contributed by atoms with Crippen LogP contribution in [-0.2, 0) is 5.92 Å². The van der Waals surface area contributed by atoms with Crippen molar-refractivity contribution in [2.75, 3.05) is 0 Å². The van der Waals surface area contributed by atoms with Gasteiger partial charge in [0.1, 0.15) is 5.69 Å². The van der Waals surface area contributed by atoms with E-state index in [1.165, 1.54) is 0 Å². The summed E-state index contributed by atoms with van der Waals surface area (Å²) in [5.41, 5.74) is 2.56. The van der Waals surface area contributed by atoms with Crippen LogP contribution in [0.1, 0.15) is 23.7 Å². The van der Waals surface area contributed by atoms with Gasteiger partial charge >= 0.3 is 0 Å².